The third kappa shape index (κ3) is 3.30. The third-order valence-electron chi connectivity index (χ3n) is 9.23. The summed E-state index contributed by atoms with van der Waals surface area (Å²) in [6.07, 6.45) is 10.8. The normalized spacial score (nSPS) is 31.9. The quantitative estimate of drug-likeness (QED) is 0.292. The molecular weight excluding hydrogens is 508 g/mol. The summed E-state index contributed by atoms with van der Waals surface area (Å²) < 4.78 is 20.2. The molecule has 1 aromatic carbocycles. The SMILES string of the molecule is CC(C)=CCc1c2c(c(O)c3c1O[C@]14C(=C[C@@H]5CC1C(C)(C)O[C@]4(C/C=C(\C)C=O)C5=O)C3=O)C=CC(C)(C)O2. The molecule has 2 fully saturated rings. The summed E-state index contributed by atoms with van der Waals surface area (Å²) in [6.45, 7) is 13.4. The number of aromatic hydroxyl groups is 1. The standard InChI is InChI=1S/C33H36O7/c1-17(2)8-9-21-27-20(11-12-30(4,5)38-27)25(35)24-26(36)22-14-19-15-23-31(6,7)40-32(29(19)37,13-10-18(3)16-34)33(22,23)39-28(21)24/h8,10-12,14,16,19,23,35H,9,13,15H2,1-7H3/b18-10+/t19-,23?,32-,33-/m1/s1. The summed E-state index contributed by atoms with van der Waals surface area (Å²) in [5.41, 5.74) is -1.26. The molecule has 0 radical (unpaired) electrons. The predicted octanol–water partition coefficient (Wildman–Crippen LogP) is 5.63. The van der Waals surface area contributed by atoms with E-state index in [9.17, 15) is 19.5 Å². The van der Waals surface area contributed by atoms with Crippen molar-refractivity contribution in [2.75, 3.05) is 0 Å². The van der Waals surface area contributed by atoms with Gasteiger partial charge in [0.15, 0.2) is 22.8 Å². The van der Waals surface area contributed by atoms with E-state index in [0.717, 1.165) is 11.9 Å². The molecular formula is C33H36O7. The minimum atomic E-state index is -1.49. The Labute approximate surface area is 234 Å². The van der Waals surface area contributed by atoms with E-state index in [4.69, 9.17) is 14.2 Å². The Kier molecular flexibility index (Phi) is 5.54. The molecule has 210 valence electrons. The van der Waals surface area contributed by atoms with Crippen molar-refractivity contribution in [2.45, 2.75) is 90.1 Å². The van der Waals surface area contributed by atoms with Crippen LogP contribution in [-0.2, 0) is 20.7 Å². The number of hydrogen-bond donors (Lipinski definition) is 1. The second-order valence-electron chi connectivity index (χ2n) is 13.1. The number of phenols is 1. The first-order chi connectivity index (χ1) is 18.7. The van der Waals surface area contributed by atoms with Crippen LogP contribution in [0.5, 0.6) is 17.2 Å². The van der Waals surface area contributed by atoms with Gasteiger partial charge in [-0.25, -0.2) is 0 Å². The number of fused-ring (bicyclic) bond motifs is 2. The van der Waals surface area contributed by atoms with Gasteiger partial charge < -0.3 is 19.3 Å². The zero-order chi connectivity index (χ0) is 29.0. The first kappa shape index (κ1) is 26.8. The molecule has 1 unspecified atom stereocenters. The fraction of sp³-hybridized carbons (Fsp3) is 0.485. The summed E-state index contributed by atoms with van der Waals surface area (Å²) in [5, 5.41) is 11.5. The number of ether oxygens (including phenoxy) is 3. The van der Waals surface area contributed by atoms with Gasteiger partial charge >= 0.3 is 0 Å². The highest BCUT2D eigenvalue weighted by molar-refractivity contribution is 6.19. The number of rotatable bonds is 5. The van der Waals surface area contributed by atoms with Gasteiger partial charge in [0.2, 0.25) is 0 Å². The van der Waals surface area contributed by atoms with Crippen molar-refractivity contribution in [3.8, 4) is 17.2 Å². The van der Waals surface area contributed by atoms with Crippen LogP contribution in [0, 0.1) is 11.8 Å². The molecule has 3 heterocycles. The van der Waals surface area contributed by atoms with Gasteiger partial charge in [0.1, 0.15) is 34.7 Å². The molecule has 0 amide bonds. The molecule has 1 aromatic rings. The first-order valence-corrected chi connectivity index (χ1v) is 13.9. The van der Waals surface area contributed by atoms with E-state index in [1.165, 1.54) is 0 Å². The molecule has 7 rings (SSSR count). The summed E-state index contributed by atoms with van der Waals surface area (Å²) in [5.74, 6) is -0.814. The van der Waals surface area contributed by atoms with E-state index in [-0.39, 0.29) is 41.0 Å². The van der Waals surface area contributed by atoms with E-state index in [2.05, 4.69) is 0 Å². The number of ketones is 2. The number of benzene rings is 1. The van der Waals surface area contributed by atoms with Crippen LogP contribution in [0.1, 0.15) is 82.8 Å². The Bertz CT molecular complexity index is 1510. The minimum absolute atomic E-state index is 0.0905. The molecule has 3 aliphatic heterocycles. The summed E-state index contributed by atoms with van der Waals surface area (Å²) in [4.78, 5) is 40.1. The monoisotopic (exact) mass is 544 g/mol. The largest absolute Gasteiger partial charge is 0.506 e. The number of aldehydes is 1. The lowest BCUT2D eigenvalue weighted by molar-refractivity contribution is -0.171. The lowest BCUT2D eigenvalue weighted by Gasteiger charge is -2.56. The second kappa shape index (κ2) is 8.29. The molecule has 1 N–H and O–H groups in total. The van der Waals surface area contributed by atoms with Crippen LogP contribution in [0.2, 0.25) is 0 Å². The van der Waals surface area contributed by atoms with Crippen LogP contribution in [0.3, 0.4) is 0 Å². The Morgan fingerprint density at radius 1 is 1.07 bits per heavy atom. The maximum atomic E-state index is 14.5. The molecule has 0 aromatic heterocycles. The van der Waals surface area contributed by atoms with E-state index >= 15 is 0 Å². The average molecular weight is 545 g/mol. The van der Waals surface area contributed by atoms with Gasteiger partial charge in [-0.05, 0) is 79.0 Å². The van der Waals surface area contributed by atoms with Gasteiger partial charge in [0, 0.05) is 29.4 Å². The summed E-state index contributed by atoms with van der Waals surface area (Å²) in [7, 11) is 0. The summed E-state index contributed by atoms with van der Waals surface area (Å²) >= 11 is 0. The molecule has 4 bridgehead atoms. The molecule has 7 nitrogen and oxygen atoms in total. The fourth-order valence-electron chi connectivity index (χ4n) is 7.41. The number of phenolic OH excluding ortho intramolecular Hbond substituents is 1. The molecule has 1 saturated carbocycles. The maximum absolute atomic E-state index is 14.5. The van der Waals surface area contributed by atoms with Gasteiger partial charge in [0.05, 0.1) is 11.2 Å². The second-order valence-corrected chi connectivity index (χ2v) is 13.1. The highest BCUT2D eigenvalue weighted by Gasteiger charge is 2.81. The third-order valence-corrected chi connectivity index (χ3v) is 9.23. The van der Waals surface area contributed by atoms with Crippen molar-refractivity contribution in [1.29, 1.82) is 0 Å². The van der Waals surface area contributed by atoms with Crippen molar-refractivity contribution < 1.29 is 33.7 Å². The highest BCUT2D eigenvalue weighted by atomic mass is 16.6. The smallest absolute Gasteiger partial charge is 0.200 e. The van der Waals surface area contributed by atoms with Crippen molar-refractivity contribution in [2.24, 2.45) is 11.8 Å². The van der Waals surface area contributed by atoms with Gasteiger partial charge in [-0.2, -0.15) is 0 Å². The van der Waals surface area contributed by atoms with Gasteiger partial charge in [-0.3, -0.25) is 14.4 Å². The lowest BCUT2D eigenvalue weighted by atomic mass is 9.51. The fourth-order valence-corrected chi connectivity index (χ4v) is 7.41. The number of carbonyl (C=O) groups excluding carboxylic acids is 3. The van der Waals surface area contributed by atoms with Crippen molar-refractivity contribution in [3.63, 3.8) is 0 Å². The topological polar surface area (TPSA) is 99.1 Å². The van der Waals surface area contributed by atoms with Crippen LogP contribution in [0.15, 0.2) is 41.0 Å². The number of allylic oxidation sites excluding steroid dienone is 4. The first-order valence-electron chi connectivity index (χ1n) is 13.9. The van der Waals surface area contributed by atoms with Crippen molar-refractivity contribution in [1.82, 2.24) is 0 Å². The predicted molar refractivity (Wildman–Crippen MR) is 150 cm³/mol. The van der Waals surface area contributed by atoms with Gasteiger partial charge in [-0.15, -0.1) is 0 Å². The van der Waals surface area contributed by atoms with Crippen molar-refractivity contribution >= 4 is 23.9 Å². The van der Waals surface area contributed by atoms with Gasteiger partial charge in [-0.1, -0.05) is 23.8 Å². The molecule has 3 aliphatic carbocycles. The number of carbonyl (C=O) groups is 3. The molecule has 7 heteroatoms. The van der Waals surface area contributed by atoms with Crippen LogP contribution < -0.4 is 9.47 Å². The Morgan fingerprint density at radius 2 is 1.80 bits per heavy atom. The van der Waals surface area contributed by atoms with E-state index in [0.29, 0.717) is 40.9 Å². The zero-order valence-electron chi connectivity index (χ0n) is 24.1. The lowest BCUT2D eigenvalue weighted by Crippen LogP contribution is -2.72. The van der Waals surface area contributed by atoms with E-state index in [1.807, 2.05) is 53.7 Å². The molecule has 1 spiro atoms. The zero-order valence-corrected chi connectivity index (χ0v) is 24.1. The van der Waals surface area contributed by atoms with E-state index < -0.39 is 28.3 Å². The van der Waals surface area contributed by atoms with Crippen LogP contribution in [-0.4, -0.2) is 45.4 Å². The number of hydrogen-bond acceptors (Lipinski definition) is 7. The Hall–Kier alpha value is -3.45. The number of Topliss-reactive ketones (excluding diaryl/α,β-unsaturated/α-hetero) is 2. The average Bonchev–Trinajstić information content (AvgIpc) is 3.03. The maximum Gasteiger partial charge on any atom is 0.200 e. The highest BCUT2D eigenvalue weighted by Crippen LogP contribution is 2.68. The molecule has 1 saturated heterocycles. The van der Waals surface area contributed by atoms with Gasteiger partial charge in [0.25, 0.3) is 0 Å². The van der Waals surface area contributed by atoms with Crippen LogP contribution in [0.4, 0.5) is 0 Å². The summed E-state index contributed by atoms with van der Waals surface area (Å²) in [6, 6.07) is 0. The van der Waals surface area contributed by atoms with E-state index in [1.54, 1.807) is 25.2 Å². The van der Waals surface area contributed by atoms with Crippen LogP contribution >= 0.6 is 0 Å². The molecule has 40 heavy (non-hydrogen) atoms. The minimum Gasteiger partial charge on any atom is -0.506 e. The Balaban J connectivity index is 1.67. The van der Waals surface area contributed by atoms with Crippen LogP contribution in [0.25, 0.3) is 6.08 Å². The molecule has 6 aliphatic rings. The molecule has 4 atom stereocenters. The van der Waals surface area contributed by atoms with Crippen molar-refractivity contribution in [3.05, 3.63) is 57.7 Å². The Morgan fingerprint density at radius 3 is 2.48 bits per heavy atom.